The first-order valence-electron chi connectivity index (χ1n) is 5.17. The molecule has 92 valence electrons. The van der Waals surface area contributed by atoms with Crippen LogP contribution < -0.4 is 0 Å². The molecule has 16 heavy (non-hydrogen) atoms. The van der Waals surface area contributed by atoms with E-state index in [1.165, 1.54) is 0 Å². The first kappa shape index (κ1) is 13.4. The molecule has 6 heteroatoms. The highest BCUT2D eigenvalue weighted by molar-refractivity contribution is 6.18. The molecule has 0 aromatic carbocycles. The van der Waals surface area contributed by atoms with Crippen LogP contribution in [-0.2, 0) is 6.54 Å². The van der Waals surface area contributed by atoms with Gasteiger partial charge in [0, 0.05) is 37.9 Å². The second-order valence-electron chi connectivity index (χ2n) is 3.55. The predicted molar refractivity (Wildman–Crippen MR) is 60.1 cm³/mol. The molecule has 1 heterocycles. The Hall–Kier alpha value is -0.680. The van der Waals surface area contributed by atoms with Crippen LogP contribution in [0.3, 0.4) is 0 Å². The third kappa shape index (κ3) is 4.45. The molecular formula is C10H16ClF2N3. The summed E-state index contributed by atoms with van der Waals surface area (Å²) in [6.45, 7) is 3.38. The predicted octanol–water partition coefficient (Wildman–Crippen LogP) is 2.00. The van der Waals surface area contributed by atoms with Crippen LogP contribution in [0.5, 0.6) is 0 Å². The highest BCUT2D eigenvalue weighted by Gasteiger charge is 2.11. The van der Waals surface area contributed by atoms with Gasteiger partial charge in [-0.1, -0.05) is 0 Å². The van der Waals surface area contributed by atoms with Crippen molar-refractivity contribution in [2.75, 3.05) is 25.5 Å². The number of imidazole rings is 1. The molecule has 0 saturated heterocycles. The zero-order chi connectivity index (χ0) is 12.0. The van der Waals surface area contributed by atoms with E-state index in [2.05, 4.69) is 4.98 Å². The number of rotatable bonds is 7. The lowest BCUT2D eigenvalue weighted by Crippen LogP contribution is -2.33. The number of aryl methyl sites for hydroxylation is 1. The standard InChI is InChI=1S/C10H16ClF2N3/c1-9-14-3-5-16(9)7-6-15(4-2-11)8-10(12)13/h3,5,10H,2,4,6-8H2,1H3. The van der Waals surface area contributed by atoms with Gasteiger partial charge in [0.15, 0.2) is 0 Å². The van der Waals surface area contributed by atoms with Crippen molar-refractivity contribution in [3.63, 3.8) is 0 Å². The van der Waals surface area contributed by atoms with E-state index < -0.39 is 6.43 Å². The van der Waals surface area contributed by atoms with Crippen molar-refractivity contribution in [3.8, 4) is 0 Å². The Balaban J connectivity index is 2.40. The molecule has 0 spiro atoms. The molecule has 0 amide bonds. The number of hydrogen-bond donors (Lipinski definition) is 0. The van der Waals surface area contributed by atoms with E-state index in [1.54, 1.807) is 11.1 Å². The Kier molecular flexibility index (Phi) is 5.69. The van der Waals surface area contributed by atoms with E-state index in [4.69, 9.17) is 11.6 Å². The Bertz CT molecular complexity index is 304. The summed E-state index contributed by atoms with van der Waals surface area (Å²) in [5, 5.41) is 0. The molecule has 0 aliphatic heterocycles. The molecule has 0 aliphatic carbocycles. The molecule has 0 aliphatic rings. The van der Waals surface area contributed by atoms with Gasteiger partial charge in [-0.2, -0.15) is 0 Å². The fourth-order valence-corrected chi connectivity index (χ4v) is 1.74. The number of halogens is 3. The maximum atomic E-state index is 12.2. The van der Waals surface area contributed by atoms with Gasteiger partial charge in [-0.05, 0) is 6.92 Å². The summed E-state index contributed by atoms with van der Waals surface area (Å²) in [4.78, 5) is 5.74. The summed E-state index contributed by atoms with van der Waals surface area (Å²) >= 11 is 5.57. The summed E-state index contributed by atoms with van der Waals surface area (Å²) in [7, 11) is 0. The van der Waals surface area contributed by atoms with Crippen molar-refractivity contribution in [1.29, 1.82) is 0 Å². The van der Waals surface area contributed by atoms with Crippen LogP contribution in [0.15, 0.2) is 12.4 Å². The van der Waals surface area contributed by atoms with Gasteiger partial charge in [-0.3, -0.25) is 4.90 Å². The van der Waals surface area contributed by atoms with Gasteiger partial charge in [0.2, 0.25) is 0 Å². The van der Waals surface area contributed by atoms with Crippen molar-refractivity contribution in [3.05, 3.63) is 18.2 Å². The summed E-state index contributed by atoms with van der Waals surface area (Å²) in [5.74, 6) is 1.26. The Morgan fingerprint density at radius 1 is 1.50 bits per heavy atom. The van der Waals surface area contributed by atoms with Crippen molar-refractivity contribution in [2.24, 2.45) is 0 Å². The molecule has 3 nitrogen and oxygen atoms in total. The van der Waals surface area contributed by atoms with Gasteiger partial charge in [-0.15, -0.1) is 11.6 Å². The molecule has 1 aromatic rings. The van der Waals surface area contributed by atoms with Crippen molar-refractivity contribution >= 4 is 11.6 Å². The average molecular weight is 252 g/mol. The van der Waals surface area contributed by atoms with Crippen LogP contribution in [0, 0.1) is 6.92 Å². The van der Waals surface area contributed by atoms with Crippen LogP contribution in [0.25, 0.3) is 0 Å². The minimum atomic E-state index is -2.31. The minimum absolute atomic E-state index is 0.222. The number of nitrogens with zero attached hydrogens (tertiary/aromatic N) is 3. The van der Waals surface area contributed by atoms with Crippen LogP contribution in [0.1, 0.15) is 5.82 Å². The van der Waals surface area contributed by atoms with Crippen LogP contribution >= 0.6 is 11.6 Å². The third-order valence-corrected chi connectivity index (χ3v) is 2.55. The van der Waals surface area contributed by atoms with E-state index in [1.807, 2.05) is 17.7 Å². The Morgan fingerprint density at radius 2 is 2.25 bits per heavy atom. The van der Waals surface area contributed by atoms with Crippen LogP contribution in [0.4, 0.5) is 8.78 Å². The topological polar surface area (TPSA) is 21.1 Å². The zero-order valence-electron chi connectivity index (χ0n) is 9.24. The first-order valence-corrected chi connectivity index (χ1v) is 5.71. The van der Waals surface area contributed by atoms with E-state index in [0.717, 1.165) is 5.82 Å². The molecule has 0 N–H and O–H groups in total. The van der Waals surface area contributed by atoms with Crippen LogP contribution in [-0.4, -0.2) is 46.4 Å². The Labute approximate surface area is 99.0 Å². The molecule has 1 rings (SSSR count). The number of alkyl halides is 3. The second-order valence-corrected chi connectivity index (χ2v) is 3.93. The zero-order valence-corrected chi connectivity index (χ0v) is 10.00. The summed E-state index contributed by atoms with van der Waals surface area (Å²) in [6.07, 6.45) is 1.23. The van der Waals surface area contributed by atoms with Crippen molar-refractivity contribution in [1.82, 2.24) is 14.5 Å². The van der Waals surface area contributed by atoms with Gasteiger partial charge in [0.05, 0.1) is 6.54 Å². The van der Waals surface area contributed by atoms with E-state index in [0.29, 0.717) is 25.5 Å². The van der Waals surface area contributed by atoms with Crippen molar-refractivity contribution < 1.29 is 8.78 Å². The van der Waals surface area contributed by atoms with Crippen LogP contribution in [0.2, 0.25) is 0 Å². The summed E-state index contributed by atoms with van der Waals surface area (Å²) in [5.41, 5.74) is 0. The largest absolute Gasteiger partial charge is 0.334 e. The van der Waals surface area contributed by atoms with Gasteiger partial charge in [0.25, 0.3) is 6.43 Å². The molecule has 0 fully saturated rings. The number of aromatic nitrogens is 2. The highest BCUT2D eigenvalue weighted by Crippen LogP contribution is 2.01. The Morgan fingerprint density at radius 3 is 2.75 bits per heavy atom. The van der Waals surface area contributed by atoms with E-state index in [9.17, 15) is 8.78 Å². The van der Waals surface area contributed by atoms with Gasteiger partial charge >= 0.3 is 0 Å². The van der Waals surface area contributed by atoms with E-state index in [-0.39, 0.29) is 6.54 Å². The molecule has 0 bridgehead atoms. The molecular weight excluding hydrogens is 236 g/mol. The molecule has 1 aromatic heterocycles. The molecule has 0 atom stereocenters. The average Bonchev–Trinajstić information content (AvgIpc) is 2.60. The number of hydrogen-bond acceptors (Lipinski definition) is 2. The van der Waals surface area contributed by atoms with Gasteiger partial charge in [-0.25, -0.2) is 13.8 Å². The third-order valence-electron chi connectivity index (χ3n) is 2.38. The molecule has 0 radical (unpaired) electrons. The van der Waals surface area contributed by atoms with E-state index >= 15 is 0 Å². The normalized spacial score (nSPS) is 11.6. The minimum Gasteiger partial charge on any atom is -0.334 e. The SMILES string of the molecule is Cc1nccn1CCN(CCCl)CC(F)F. The maximum absolute atomic E-state index is 12.2. The second kappa shape index (κ2) is 6.81. The lowest BCUT2D eigenvalue weighted by Gasteiger charge is -2.21. The van der Waals surface area contributed by atoms with Crippen molar-refractivity contribution in [2.45, 2.75) is 19.9 Å². The highest BCUT2D eigenvalue weighted by atomic mass is 35.5. The lowest BCUT2D eigenvalue weighted by atomic mass is 10.4. The lowest BCUT2D eigenvalue weighted by molar-refractivity contribution is 0.0894. The fraction of sp³-hybridized carbons (Fsp3) is 0.700. The van der Waals surface area contributed by atoms with Gasteiger partial charge in [0.1, 0.15) is 5.82 Å². The fourth-order valence-electron chi connectivity index (χ4n) is 1.50. The maximum Gasteiger partial charge on any atom is 0.251 e. The smallest absolute Gasteiger partial charge is 0.251 e. The quantitative estimate of drug-likeness (QED) is 0.691. The van der Waals surface area contributed by atoms with Gasteiger partial charge < -0.3 is 4.57 Å². The monoisotopic (exact) mass is 251 g/mol. The summed E-state index contributed by atoms with van der Waals surface area (Å²) in [6, 6.07) is 0. The molecule has 0 saturated carbocycles. The summed E-state index contributed by atoms with van der Waals surface area (Å²) < 4.78 is 26.4. The first-order chi connectivity index (χ1) is 7.63. The molecule has 0 unspecified atom stereocenters.